The van der Waals surface area contributed by atoms with E-state index in [0.29, 0.717) is 23.5 Å². The Morgan fingerprint density at radius 1 is 1.40 bits per heavy atom. The maximum Gasteiger partial charge on any atom is 0.310 e. The van der Waals surface area contributed by atoms with Crippen LogP contribution < -0.4 is 0 Å². The van der Waals surface area contributed by atoms with Crippen molar-refractivity contribution < 1.29 is 9.90 Å². The van der Waals surface area contributed by atoms with Gasteiger partial charge in [0.1, 0.15) is 10.3 Å². The average Bonchev–Trinajstić information content (AvgIpc) is 3.00. The molecule has 7 heteroatoms. The van der Waals surface area contributed by atoms with Gasteiger partial charge in [0.25, 0.3) is 0 Å². The van der Waals surface area contributed by atoms with Crippen LogP contribution in [0.3, 0.4) is 0 Å². The molecule has 1 saturated heterocycles. The van der Waals surface area contributed by atoms with Crippen LogP contribution in [-0.2, 0) is 11.3 Å². The second kappa shape index (κ2) is 8.71. The van der Waals surface area contributed by atoms with E-state index in [0.717, 1.165) is 53.3 Å². The highest BCUT2D eigenvalue weighted by Crippen LogP contribution is 2.45. The fourth-order valence-electron chi connectivity index (χ4n) is 4.38. The van der Waals surface area contributed by atoms with Crippen molar-refractivity contribution in [3.8, 4) is 0 Å². The molecular formula is C23H34ClN3O2S. The van der Waals surface area contributed by atoms with Gasteiger partial charge in [-0.25, -0.2) is 9.97 Å². The fraction of sp³-hybridized carbons (Fsp3) is 0.696. The van der Waals surface area contributed by atoms with Crippen molar-refractivity contribution in [2.24, 2.45) is 22.7 Å². The van der Waals surface area contributed by atoms with Gasteiger partial charge in [-0.15, -0.1) is 11.3 Å². The molecule has 0 aromatic carbocycles. The summed E-state index contributed by atoms with van der Waals surface area (Å²) in [6.45, 7) is 15.1. The number of carboxylic acid groups (broad SMARTS) is 1. The maximum atomic E-state index is 12.5. The summed E-state index contributed by atoms with van der Waals surface area (Å²) in [6.07, 6.45) is 2.41. The van der Waals surface area contributed by atoms with Gasteiger partial charge in [0.15, 0.2) is 5.15 Å². The quantitative estimate of drug-likeness (QED) is 0.580. The normalized spacial score (nSPS) is 23.4. The van der Waals surface area contributed by atoms with Crippen LogP contribution in [0.15, 0.2) is 6.07 Å². The van der Waals surface area contributed by atoms with Gasteiger partial charge in [-0.2, -0.15) is 0 Å². The third-order valence-corrected chi connectivity index (χ3v) is 7.79. The molecule has 0 spiro atoms. The predicted octanol–water partition coefficient (Wildman–Crippen LogP) is 6.03. The van der Waals surface area contributed by atoms with Crippen LogP contribution in [0.25, 0.3) is 10.3 Å². The smallest absolute Gasteiger partial charge is 0.310 e. The van der Waals surface area contributed by atoms with Gasteiger partial charge in [0.05, 0.1) is 11.1 Å². The van der Waals surface area contributed by atoms with E-state index < -0.39 is 11.4 Å². The molecule has 1 aliphatic heterocycles. The molecule has 1 fully saturated rings. The first-order valence-corrected chi connectivity index (χ1v) is 12.0. The van der Waals surface area contributed by atoms with Gasteiger partial charge in [0.2, 0.25) is 0 Å². The van der Waals surface area contributed by atoms with E-state index in [1.54, 1.807) is 11.3 Å². The Kier molecular flexibility index (Phi) is 6.80. The van der Waals surface area contributed by atoms with E-state index in [-0.39, 0.29) is 5.41 Å². The first-order chi connectivity index (χ1) is 13.9. The number of hydrogen-bond donors (Lipinski definition) is 1. The van der Waals surface area contributed by atoms with Gasteiger partial charge in [-0.1, -0.05) is 46.2 Å². The number of aryl methyl sites for hydroxylation is 1. The molecule has 0 unspecified atom stereocenters. The average molecular weight is 452 g/mol. The predicted molar refractivity (Wildman–Crippen MR) is 124 cm³/mol. The standard InChI is InChI=1S/C23H34ClN3O2S/c1-14(2)7-8-23(21(28)29)10-16(22(4,5)6)11-27(13-23)12-17-9-18-20(30-17)25-15(3)19(24)26-18/h9,14,16H,7-8,10-13H2,1-6H3,(H,28,29)/t16-,23-/m1/s1. The second-order valence-electron chi connectivity index (χ2n) is 10.5. The topological polar surface area (TPSA) is 66.3 Å². The van der Waals surface area contributed by atoms with Crippen molar-refractivity contribution in [3.63, 3.8) is 0 Å². The van der Waals surface area contributed by atoms with Gasteiger partial charge in [-0.05, 0) is 49.5 Å². The molecule has 5 nitrogen and oxygen atoms in total. The number of fused-ring (bicyclic) bond motifs is 1. The van der Waals surface area contributed by atoms with Crippen LogP contribution >= 0.6 is 22.9 Å². The van der Waals surface area contributed by atoms with Gasteiger partial charge >= 0.3 is 5.97 Å². The number of aromatic nitrogens is 2. The first kappa shape index (κ1) is 23.4. The van der Waals surface area contributed by atoms with E-state index in [9.17, 15) is 9.90 Å². The molecule has 30 heavy (non-hydrogen) atoms. The van der Waals surface area contributed by atoms with Crippen molar-refractivity contribution in [2.45, 2.75) is 67.3 Å². The minimum atomic E-state index is -0.687. The summed E-state index contributed by atoms with van der Waals surface area (Å²) in [5.41, 5.74) is 0.930. The Balaban J connectivity index is 1.89. The maximum absolute atomic E-state index is 12.5. The van der Waals surface area contributed by atoms with E-state index in [1.807, 2.05) is 6.92 Å². The summed E-state index contributed by atoms with van der Waals surface area (Å²) in [7, 11) is 0. The van der Waals surface area contributed by atoms with E-state index in [4.69, 9.17) is 11.6 Å². The SMILES string of the molecule is Cc1nc2sc(CN3C[C@H](C(C)(C)C)C[C@@](CCC(C)C)(C(=O)O)C3)cc2nc1Cl. The van der Waals surface area contributed by atoms with Crippen LogP contribution in [0.5, 0.6) is 0 Å². The minimum absolute atomic E-state index is 0.0606. The molecule has 3 rings (SSSR count). The van der Waals surface area contributed by atoms with Crippen molar-refractivity contribution in [3.05, 3.63) is 21.8 Å². The lowest BCUT2D eigenvalue weighted by Gasteiger charge is -2.48. The van der Waals surface area contributed by atoms with Gasteiger partial charge in [-0.3, -0.25) is 9.69 Å². The zero-order valence-electron chi connectivity index (χ0n) is 19.0. The second-order valence-corrected chi connectivity index (χ2v) is 11.9. The molecule has 2 aromatic heterocycles. The molecule has 166 valence electrons. The monoisotopic (exact) mass is 451 g/mol. The minimum Gasteiger partial charge on any atom is -0.481 e. The zero-order valence-corrected chi connectivity index (χ0v) is 20.5. The van der Waals surface area contributed by atoms with Crippen molar-refractivity contribution in [1.82, 2.24) is 14.9 Å². The highest BCUT2D eigenvalue weighted by atomic mass is 35.5. The van der Waals surface area contributed by atoms with Crippen LogP contribution in [0.2, 0.25) is 5.15 Å². The third-order valence-electron chi connectivity index (χ3n) is 6.43. The summed E-state index contributed by atoms with van der Waals surface area (Å²) in [6, 6.07) is 2.05. The van der Waals surface area contributed by atoms with Crippen molar-refractivity contribution >= 4 is 39.3 Å². The number of halogens is 1. The first-order valence-electron chi connectivity index (χ1n) is 10.8. The van der Waals surface area contributed by atoms with Crippen molar-refractivity contribution in [2.75, 3.05) is 13.1 Å². The number of likely N-dealkylation sites (tertiary alicyclic amines) is 1. The molecule has 2 atom stereocenters. The number of hydrogen-bond acceptors (Lipinski definition) is 5. The van der Waals surface area contributed by atoms with Gasteiger partial charge < -0.3 is 5.11 Å². The van der Waals surface area contributed by atoms with Crippen LogP contribution in [-0.4, -0.2) is 39.0 Å². The summed E-state index contributed by atoms with van der Waals surface area (Å²) in [4.78, 5) is 25.9. The molecule has 0 radical (unpaired) electrons. The molecule has 1 aliphatic rings. The number of carboxylic acids is 1. The molecule has 0 saturated carbocycles. The van der Waals surface area contributed by atoms with Crippen LogP contribution in [0.4, 0.5) is 0 Å². The Labute approximate surface area is 188 Å². The summed E-state index contributed by atoms with van der Waals surface area (Å²) >= 11 is 7.77. The highest BCUT2D eigenvalue weighted by Gasteiger charge is 2.48. The molecule has 3 heterocycles. The summed E-state index contributed by atoms with van der Waals surface area (Å²) in [5, 5.41) is 10.7. The number of carbonyl (C=O) groups is 1. The van der Waals surface area contributed by atoms with E-state index >= 15 is 0 Å². The Morgan fingerprint density at radius 3 is 2.70 bits per heavy atom. The molecule has 0 bridgehead atoms. The number of nitrogens with zero attached hydrogens (tertiary/aromatic N) is 3. The summed E-state index contributed by atoms with van der Waals surface area (Å²) in [5.74, 6) is 0.179. The molecule has 1 N–H and O–H groups in total. The molecule has 0 aliphatic carbocycles. The number of thiophene rings is 1. The lowest BCUT2D eigenvalue weighted by Crippen LogP contribution is -2.53. The van der Waals surface area contributed by atoms with Crippen LogP contribution in [0, 0.1) is 29.6 Å². The third kappa shape index (κ3) is 5.14. The highest BCUT2D eigenvalue weighted by molar-refractivity contribution is 7.18. The Morgan fingerprint density at radius 2 is 2.10 bits per heavy atom. The Bertz CT molecular complexity index is 882. The lowest BCUT2D eigenvalue weighted by atomic mass is 9.65. The lowest BCUT2D eigenvalue weighted by molar-refractivity contribution is -0.157. The fourth-order valence-corrected chi connectivity index (χ4v) is 5.57. The van der Waals surface area contributed by atoms with E-state index in [2.05, 4.69) is 55.6 Å². The largest absolute Gasteiger partial charge is 0.481 e. The Hall–Kier alpha value is -1.24. The molecule has 0 amide bonds. The number of rotatable bonds is 6. The zero-order chi connectivity index (χ0) is 22.3. The molecule has 2 aromatic rings. The van der Waals surface area contributed by atoms with E-state index in [1.165, 1.54) is 0 Å². The van der Waals surface area contributed by atoms with Crippen molar-refractivity contribution in [1.29, 1.82) is 0 Å². The number of piperidine rings is 1. The molecular weight excluding hydrogens is 418 g/mol. The van der Waals surface area contributed by atoms with Gasteiger partial charge in [0, 0.05) is 24.5 Å². The number of aliphatic carboxylic acids is 1. The summed E-state index contributed by atoms with van der Waals surface area (Å²) < 4.78 is 0. The van der Waals surface area contributed by atoms with Crippen LogP contribution in [0.1, 0.15) is 64.5 Å².